The minimum atomic E-state index is -0.678. The molecule has 1 unspecified atom stereocenters. The lowest BCUT2D eigenvalue weighted by Gasteiger charge is -2.13. The SMILES string of the molecule is CCNC(=NCC(O)c1ccc(Cl)s1)NCCOc1ccc2c(c1)OCO2. The Morgan fingerprint density at radius 3 is 2.93 bits per heavy atom. The van der Waals surface area contributed by atoms with E-state index in [1.165, 1.54) is 11.3 Å². The van der Waals surface area contributed by atoms with Crippen molar-refractivity contribution in [3.8, 4) is 17.2 Å². The number of thiophene rings is 1. The molecule has 3 N–H and O–H groups in total. The monoisotopic (exact) mass is 411 g/mol. The van der Waals surface area contributed by atoms with Gasteiger partial charge in [0, 0.05) is 17.5 Å². The Balaban J connectivity index is 1.45. The molecular formula is C18H22ClN3O4S. The van der Waals surface area contributed by atoms with Crippen molar-refractivity contribution in [2.75, 3.05) is 33.0 Å². The molecule has 0 bridgehead atoms. The molecule has 2 heterocycles. The third-order valence-electron chi connectivity index (χ3n) is 3.70. The average molecular weight is 412 g/mol. The number of aliphatic hydroxyl groups is 1. The Morgan fingerprint density at radius 2 is 2.15 bits per heavy atom. The van der Waals surface area contributed by atoms with Crippen molar-refractivity contribution in [3.05, 3.63) is 39.5 Å². The van der Waals surface area contributed by atoms with Crippen LogP contribution in [0.5, 0.6) is 17.2 Å². The lowest BCUT2D eigenvalue weighted by molar-refractivity contribution is 0.173. The molecule has 0 saturated carbocycles. The quantitative estimate of drug-likeness (QED) is 0.352. The fraction of sp³-hybridized carbons (Fsp3) is 0.389. The molecule has 3 rings (SSSR count). The summed E-state index contributed by atoms with van der Waals surface area (Å²) in [5, 5.41) is 16.5. The van der Waals surface area contributed by atoms with Crippen molar-refractivity contribution in [3.63, 3.8) is 0 Å². The minimum Gasteiger partial charge on any atom is -0.492 e. The summed E-state index contributed by atoms with van der Waals surface area (Å²) in [7, 11) is 0. The van der Waals surface area contributed by atoms with Crippen LogP contribution in [0.1, 0.15) is 17.9 Å². The summed E-state index contributed by atoms with van der Waals surface area (Å²) in [5.41, 5.74) is 0. The van der Waals surface area contributed by atoms with Crippen LogP contribution in [0.4, 0.5) is 0 Å². The third kappa shape index (κ3) is 5.66. The van der Waals surface area contributed by atoms with Gasteiger partial charge in [-0.3, -0.25) is 4.99 Å². The molecule has 146 valence electrons. The zero-order valence-electron chi connectivity index (χ0n) is 14.9. The molecule has 27 heavy (non-hydrogen) atoms. The van der Waals surface area contributed by atoms with Crippen LogP contribution in [-0.4, -0.2) is 44.1 Å². The van der Waals surface area contributed by atoms with Gasteiger partial charge in [-0.25, -0.2) is 0 Å². The highest BCUT2D eigenvalue weighted by atomic mass is 35.5. The molecule has 1 atom stereocenters. The van der Waals surface area contributed by atoms with Crippen molar-refractivity contribution in [1.82, 2.24) is 10.6 Å². The van der Waals surface area contributed by atoms with E-state index in [0.29, 0.717) is 34.9 Å². The zero-order chi connectivity index (χ0) is 19.1. The number of nitrogens with one attached hydrogen (secondary N) is 2. The van der Waals surface area contributed by atoms with E-state index in [2.05, 4.69) is 15.6 Å². The van der Waals surface area contributed by atoms with Gasteiger partial charge in [-0.1, -0.05) is 11.6 Å². The largest absolute Gasteiger partial charge is 0.492 e. The lowest BCUT2D eigenvalue weighted by atomic mass is 10.3. The van der Waals surface area contributed by atoms with E-state index in [9.17, 15) is 5.11 Å². The Bertz CT molecular complexity index is 784. The maximum atomic E-state index is 10.2. The highest BCUT2D eigenvalue weighted by Gasteiger charge is 2.13. The van der Waals surface area contributed by atoms with Crippen LogP contribution in [0.15, 0.2) is 35.3 Å². The van der Waals surface area contributed by atoms with Gasteiger partial charge in [-0.2, -0.15) is 0 Å². The Hall–Kier alpha value is -2.16. The van der Waals surface area contributed by atoms with Crippen molar-refractivity contribution >= 4 is 28.9 Å². The molecule has 0 spiro atoms. The van der Waals surface area contributed by atoms with Gasteiger partial charge in [0.1, 0.15) is 18.5 Å². The molecule has 0 radical (unpaired) electrons. The van der Waals surface area contributed by atoms with Gasteiger partial charge in [0.2, 0.25) is 6.79 Å². The second-order valence-electron chi connectivity index (χ2n) is 5.67. The van der Waals surface area contributed by atoms with Gasteiger partial charge in [0.25, 0.3) is 0 Å². The predicted molar refractivity (Wildman–Crippen MR) is 106 cm³/mol. The normalized spacial score (nSPS) is 14.1. The average Bonchev–Trinajstić information content (AvgIpc) is 3.31. The first kappa shape index (κ1) is 19.6. The molecule has 7 nitrogen and oxygen atoms in total. The molecular weight excluding hydrogens is 390 g/mol. The van der Waals surface area contributed by atoms with Crippen LogP contribution in [-0.2, 0) is 0 Å². The maximum Gasteiger partial charge on any atom is 0.231 e. The fourth-order valence-corrected chi connectivity index (χ4v) is 3.46. The second kappa shape index (κ2) is 9.68. The highest BCUT2D eigenvalue weighted by molar-refractivity contribution is 7.16. The van der Waals surface area contributed by atoms with E-state index in [4.69, 9.17) is 25.8 Å². The molecule has 0 fully saturated rings. The number of ether oxygens (including phenoxy) is 3. The van der Waals surface area contributed by atoms with Gasteiger partial charge in [-0.15, -0.1) is 11.3 Å². The van der Waals surface area contributed by atoms with Crippen LogP contribution in [0.3, 0.4) is 0 Å². The van der Waals surface area contributed by atoms with E-state index >= 15 is 0 Å². The number of benzene rings is 1. The molecule has 1 aromatic carbocycles. The van der Waals surface area contributed by atoms with E-state index in [0.717, 1.165) is 17.2 Å². The number of aliphatic hydroxyl groups excluding tert-OH is 1. The first-order chi connectivity index (χ1) is 13.2. The predicted octanol–water partition coefficient (Wildman–Crippen LogP) is 2.80. The number of fused-ring (bicyclic) bond motifs is 1. The molecule has 0 amide bonds. The lowest BCUT2D eigenvalue weighted by Crippen LogP contribution is -2.39. The summed E-state index contributed by atoms with van der Waals surface area (Å²) in [5.74, 6) is 2.76. The molecule has 1 aliphatic rings. The van der Waals surface area contributed by atoms with Crippen molar-refractivity contribution in [2.24, 2.45) is 4.99 Å². The van der Waals surface area contributed by atoms with Crippen molar-refractivity contribution in [1.29, 1.82) is 0 Å². The first-order valence-electron chi connectivity index (χ1n) is 8.63. The van der Waals surface area contributed by atoms with E-state index < -0.39 is 6.10 Å². The number of hydrogen-bond donors (Lipinski definition) is 3. The van der Waals surface area contributed by atoms with Gasteiger partial charge in [0.15, 0.2) is 17.5 Å². The van der Waals surface area contributed by atoms with Gasteiger partial charge >= 0.3 is 0 Å². The number of rotatable bonds is 8. The van der Waals surface area contributed by atoms with E-state index in [1.807, 2.05) is 31.2 Å². The first-order valence-corrected chi connectivity index (χ1v) is 9.83. The van der Waals surface area contributed by atoms with Gasteiger partial charge in [0.05, 0.1) is 17.4 Å². The molecule has 9 heteroatoms. The third-order valence-corrected chi connectivity index (χ3v) is 5.03. The summed E-state index contributed by atoms with van der Waals surface area (Å²) in [4.78, 5) is 5.20. The van der Waals surface area contributed by atoms with Crippen molar-refractivity contribution in [2.45, 2.75) is 13.0 Å². The Labute approximate surface area is 166 Å². The van der Waals surface area contributed by atoms with Gasteiger partial charge < -0.3 is 30.0 Å². The second-order valence-corrected chi connectivity index (χ2v) is 7.41. The fourth-order valence-electron chi connectivity index (χ4n) is 2.42. The summed E-state index contributed by atoms with van der Waals surface area (Å²) < 4.78 is 17.0. The number of halogens is 1. The Kier molecular flexibility index (Phi) is 7.03. The van der Waals surface area contributed by atoms with E-state index in [-0.39, 0.29) is 13.3 Å². The molecule has 1 aromatic heterocycles. The van der Waals surface area contributed by atoms with Crippen LogP contribution in [0.2, 0.25) is 4.34 Å². The van der Waals surface area contributed by atoms with Crippen molar-refractivity contribution < 1.29 is 19.3 Å². The van der Waals surface area contributed by atoms with Gasteiger partial charge in [-0.05, 0) is 31.2 Å². The molecule has 1 aliphatic heterocycles. The van der Waals surface area contributed by atoms with E-state index in [1.54, 1.807) is 6.07 Å². The molecule has 2 aromatic rings. The highest BCUT2D eigenvalue weighted by Crippen LogP contribution is 2.35. The summed E-state index contributed by atoms with van der Waals surface area (Å²) >= 11 is 7.26. The topological polar surface area (TPSA) is 84.3 Å². The van der Waals surface area contributed by atoms with Crippen LogP contribution in [0, 0.1) is 0 Å². The van der Waals surface area contributed by atoms with Crippen LogP contribution >= 0.6 is 22.9 Å². The number of guanidine groups is 1. The molecule has 0 saturated heterocycles. The zero-order valence-corrected chi connectivity index (χ0v) is 16.5. The smallest absolute Gasteiger partial charge is 0.231 e. The molecule has 0 aliphatic carbocycles. The minimum absolute atomic E-state index is 0.242. The van der Waals surface area contributed by atoms with Crippen LogP contribution in [0.25, 0.3) is 0 Å². The number of hydrogen-bond acceptors (Lipinski definition) is 6. The summed E-state index contributed by atoms with van der Waals surface area (Å²) in [6.45, 7) is 4.20. The van der Waals surface area contributed by atoms with Crippen LogP contribution < -0.4 is 24.8 Å². The summed E-state index contributed by atoms with van der Waals surface area (Å²) in [6.07, 6.45) is -0.678. The summed E-state index contributed by atoms with van der Waals surface area (Å²) in [6, 6.07) is 9.06. The number of nitrogens with zero attached hydrogens (tertiary/aromatic N) is 1. The number of aliphatic imine (C=N–C) groups is 1. The Morgan fingerprint density at radius 1 is 1.30 bits per heavy atom. The standard InChI is InChI=1S/C18H22ClN3O4S/c1-2-20-18(22-10-13(23)16-5-6-17(19)27-16)21-7-8-24-12-3-4-14-15(9-12)26-11-25-14/h3-6,9,13,23H,2,7-8,10-11H2,1H3,(H2,20,21,22). The maximum absolute atomic E-state index is 10.2.